The lowest BCUT2D eigenvalue weighted by molar-refractivity contribution is 0.197. The van der Waals surface area contributed by atoms with Crippen molar-refractivity contribution in [1.29, 1.82) is 0 Å². The van der Waals surface area contributed by atoms with Gasteiger partial charge in [-0.2, -0.15) is 0 Å². The predicted molar refractivity (Wildman–Crippen MR) is 112 cm³/mol. The number of benzene rings is 1. The fraction of sp³-hybridized carbons (Fsp3) is 0.545. The minimum Gasteiger partial charge on any atom is -0.336 e. The first-order valence-electron chi connectivity index (χ1n) is 10.2. The van der Waals surface area contributed by atoms with Crippen LogP contribution in [0, 0.1) is 5.92 Å². The summed E-state index contributed by atoms with van der Waals surface area (Å²) in [5, 5.41) is 3.17. The molecule has 6 heteroatoms. The summed E-state index contributed by atoms with van der Waals surface area (Å²) >= 11 is 0. The van der Waals surface area contributed by atoms with Gasteiger partial charge in [-0.05, 0) is 43.0 Å². The number of aryl methyl sites for hydroxylation is 1. The second kappa shape index (κ2) is 9.24. The fourth-order valence-electron chi connectivity index (χ4n) is 3.82. The Bertz CT molecular complexity index is 779. The number of carbonyl (C=O) groups is 1. The van der Waals surface area contributed by atoms with Gasteiger partial charge in [-0.3, -0.25) is 4.90 Å². The van der Waals surface area contributed by atoms with Crippen LogP contribution in [0.5, 0.6) is 0 Å². The summed E-state index contributed by atoms with van der Waals surface area (Å²) in [5.74, 6) is 1.13. The lowest BCUT2D eigenvalue weighted by atomic mass is 10.0. The van der Waals surface area contributed by atoms with E-state index < -0.39 is 0 Å². The zero-order valence-electron chi connectivity index (χ0n) is 17.6. The maximum Gasteiger partial charge on any atom is 0.318 e. The number of amides is 2. The molecular formula is C22H33N5O. The molecule has 1 N–H and O–H groups in total. The van der Waals surface area contributed by atoms with Gasteiger partial charge in [0, 0.05) is 39.6 Å². The Kier molecular flexibility index (Phi) is 6.73. The van der Waals surface area contributed by atoms with Crippen molar-refractivity contribution >= 4 is 6.03 Å². The van der Waals surface area contributed by atoms with Crippen LogP contribution < -0.4 is 5.32 Å². The highest BCUT2D eigenvalue weighted by Gasteiger charge is 2.24. The molecule has 0 aliphatic carbocycles. The van der Waals surface area contributed by atoms with Crippen molar-refractivity contribution in [1.82, 2.24) is 24.7 Å². The number of hydrogen-bond acceptors (Lipinski definition) is 3. The maximum atomic E-state index is 12.9. The summed E-state index contributed by atoms with van der Waals surface area (Å²) in [6.07, 6.45) is 6.26. The molecule has 1 unspecified atom stereocenters. The van der Waals surface area contributed by atoms with Gasteiger partial charge in [0.05, 0.1) is 6.04 Å². The normalized spacial score (nSPS) is 15.8. The Labute approximate surface area is 168 Å². The van der Waals surface area contributed by atoms with Crippen molar-refractivity contribution in [3.05, 3.63) is 53.6 Å². The molecule has 1 aromatic carbocycles. The van der Waals surface area contributed by atoms with Crippen LogP contribution in [-0.4, -0.2) is 45.5 Å². The number of rotatable bonds is 7. The van der Waals surface area contributed by atoms with Gasteiger partial charge in [0.1, 0.15) is 5.82 Å². The minimum atomic E-state index is -0.116. The number of urea groups is 1. The second-order valence-corrected chi connectivity index (χ2v) is 8.18. The number of aromatic nitrogens is 2. The molecule has 0 radical (unpaired) electrons. The van der Waals surface area contributed by atoms with Crippen molar-refractivity contribution < 1.29 is 4.79 Å². The number of hydrogen-bond donors (Lipinski definition) is 1. The maximum absolute atomic E-state index is 12.9. The number of carbonyl (C=O) groups excluding carboxylic acids is 1. The van der Waals surface area contributed by atoms with E-state index in [1.165, 1.54) is 37.1 Å². The molecule has 28 heavy (non-hydrogen) atoms. The van der Waals surface area contributed by atoms with Gasteiger partial charge in [0.15, 0.2) is 0 Å². The molecule has 1 aliphatic rings. The molecule has 152 valence electrons. The highest BCUT2D eigenvalue weighted by atomic mass is 16.2. The van der Waals surface area contributed by atoms with E-state index in [1.807, 2.05) is 24.9 Å². The highest BCUT2D eigenvalue weighted by molar-refractivity contribution is 5.74. The summed E-state index contributed by atoms with van der Waals surface area (Å²) in [6.45, 7) is 8.11. The Hall–Kier alpha value is -2.34. The van der Waals surface area contributed by atoms with Gasteiger partial charge in [-0.15, -0.1) is 0 Å². The van der Waals surface area contributed by atoms with Crippen molar-refractivity contribution in [2.45, 2.75) is 45.8 Å². The Morgan fingerprint density at radius 2 is 1.89 bits per heavy atom. The lowest BCUT2D eigenvalue weighted by Gasteiger charge is -2.26. The van der Waals surface area contributed by atoms with E-state index in [0.29, 0.717) is 6.54 Å². The standard InChI is InChI=1S/C22H33N5O/c1-17(2)20(21-23-11-14-25(21)3)24-22(28)26(4)15-18-9-5-6-10-19(18)16-27-12-7-8-13-27/h5-6,9-11,14,17,20H,7-8,12-13,15-16H2,1-4H3,(H,24,28). The third-order valence-corrected chi connectivity index (χ3v) is 5.55. The average molecular weight is 384 g/mol. The fourth-order valence-corrected chi connectivity index (χ4v) is 3.82. The first-order valence-corrected chi connectivity index (χ1v) is 10.2. The zero-order valence-corrected chi connectivity index (χ0v) is 17.6. The molecule has 2 heterocycles. The first kappa shape index (κ1) is 20.4. The van der Waals surface area contributed by atoms with Crippen molar-refractivity contribution in [2.75, 3.05) is 20.1 Å². The van der Waals surface area contributed by atoms with E-state index in [1.54, 1.807) is 11.1 Å². The number of nitrogens with zero attached hydrogens (tertiary/aromatic N) is 4. The lowest BCUT2D eigenvalue weighted by Crippen LogP contribution is -2.41. The highest BCUT2D eigenvalue weighted by Crippen LogP contribution is 2.21. The monoisotopic (exact) mass is 383 g/mol. The number of imidazole rings is 1. The smallest absolute Gasteiger partial charge is 0.318 e. The van der Waals surface area contributed by atoms with Crippen LogP contribution >= 0.6 is 0 Å². The van der Waals surface area contributed by atoms with Crippen LogP contribution in [-0.2, 0) is 20.1 Å². The molecule has 1 aromatic heterocycles. The topological polar surface area (TPSA) is 53.4 Å². The third kappa shape index (κ3) is 4.93. The molecule has 0 saturated carbocycles. The predicted octanol–water partition coefficient (Wildman–Crippen LogP) is 3.55. The van der Waals surface area contributed by atoms with Gasteiger partial charge >= 0.3 is 6.03 Å². The zero-order chi connectivity index (χ0) is 20.1. The van der Waals surface area contributed by atoms with Crippen LogP contribution in [0.1, 0.15) is 49.7 Å². The Balaban J connectivity index is 1.66. The van der Waals surface area contributed by atoms with Crippen molar-refractivity contribution in [3.8, 4) is 0 Å². The van der Waals surface area contributed by atoms with Crippen LogP contribution in [0.15, 0.2) is 36.7 Å². The molecule has 1 saturated heterocycles. The van der Waals surface area contributed by atoms with Crippen LogP contribution in [0.2, 0.25) is 0 Å². The molecule has 6 nitrogen and oxygen atoms in total. The van der Waals surface area contributed by atoms with Gasteiger partial charge in [0.2, 0.25) is 0 Å². The third-order valence-electron chi connectivity index (χ3n) is 5.55. The van der Waals surface area contributed by atoms with Crippen molar-refractivity contribution in [2.24, 2.45) is 13.0 Å². The quantitative estimate of drug-likeness (QED) is 0.795. The van der Waals surface area contributed by atoms with Crippen LogP contribution in [0.25, 0.3) is 0 Å². The van der Waals surface area contributed by atoms with E-state index in [9.17, 15) is 4.79 Å². The van der Waals surface area contributed by atoms with Gasteiger partial charge < -0.3 is 14.8 Å². The SMILES string of the molecule is CC(C)C(NC(=O)N(C)Cc1ccccc1CN1CCCC1)c1nccn1C. The molecule has 1 atom stereocenters. The molecule has 2 aromatic rings. The van der Waals surface area contributed by atoms with E-state index in [2.05, 4.69) is 53.3 Å². The van der Waals surface area contributed by atoms with Crippen LogP contribution in [0.3, 0.4) is 0 Å². The Morgan fingerprint density at radius 1 is 1.21 bits per heavy atom. The molecule has 2 amide bonds. The van der Waals surface area contributed by atoms with Gasteiger partial charge in [0.25, 0.3) is 0 Å². The molecular weight excluding hydrogens is 350 g/mol. The Morgan fingerprint density at radius 3 is 2.50 bits per heavy atom. The van der Waals surface area contributed by atoms with Gasteiger partial charge in [-0.1, -0.05) is 38.1 Å². The van der Waals surface area contributed by atoms with E-state index >= 15 is 0 Å². The summed E-state index contributed by atoms with van der Waals surface area (Å²) in [5.41, 5.74) is 2.53. The molecule has 0 spiro atoms. The minimum absolute atomic E-state index is 0.0716. The first-order chi connectivity index (χ1) is 13.5. The van der Waals surface area contributed by atoms with Crippen molar-refractivity contribution in [3.63, 3.8) is 0 Å². The number of nitrogens with one attached hydrogen (secondary N) is 1. The molecule has 1 fully saturated rings. The number of likely N-dealkylation sites (tertiary alicyclic amines) is 1. The summed E-state index contributed by atoms with van der Waals surface area (Å²) < 4.78 is 1.97. The summed E-state index contributed by atoms with van der Waals surface area (Å²) in [4.78, 5) is 21.6. The summed E-state index contributed by atoms with van der Waals surface area (Å²) in [7, 11) is 3.82. The second-order valence-electron chi connectivity index (χ2n) is 8.18. The van der Waals surface area contributed by atoms with E-state index in [4.69, 9.17) is 0 Å². The van der Waals surface area contributed by atoms with Crippen LogP contribution in [0.4, 0.5) is 4.79 Å². The largest absolute Gasteiger partial charge is 0.336 e. The van der Waals surface area contributed by atoms with E-state index in [-0.39, 0.29) is 18.0 Å². The molecule has 3 rings (SSSR count). The average Bonchev–Trinajstić information content (AvgIpc) is 3.32. The molecule has 0 bridgehead atoms. The van der Waals surface area contributed by atoms with Gasteiger partial charge in [-0.25, -0.2) is 9.78 Å². The molecule has 1 aliphatic heterocycles. The summed E-state index contributed by atoms with van der Waals surface area (Å²) in [6, 6.07) is 8.27. The van der Waals surface area contributed by atoms with E-state index in [0.717, 1.165) is 12.4 Å².